The molecule has 150 valence electrons. The molecule has 1 heterocycles. The number of nitrogens with zero attached hydrogens (tertiary/aromatic N) is 2. The van der Waals surface area contributed by atoms with E-state index in [2.05, 4.69) is 11.8 Å². The maximum atomic E-state index is 12.7. The van der Waals surface area contributed by atoms with Crippen LogP contribution in [0.1, 0.15) is 44.8 Å². The fraction of sp³-hybridized carbons (Fsp3) is 0.458. The minimum atomic E-state index is -0.474. The summed E-state index contributed by atoms with van der Waals surface area (Å²) in [6.07, 6.45) is 2.24. The normalized spacial score (nSPS) is 19.8. The Hall–Kier alpha value is -2.17. The number of para-hydroxylation sites is 1. The van der Waals surface area contributed by atoms with E-state index in [1.54, 1.807) is 0 Å². The molecule has 1 amide bonds. The van der Waals surface area contributed by atoms with Crippen LogP contribution in [-0.4, -0.2) is 41.6 Å². The molecule has 2 aromatic carbocycles. The Morgan fingerprint density at radius 2 is 1.79 bits per heavy atom. The number of piperidine rings is 1. The van der Waals surface area contributed by atoms with Gasteiger partial charge in [-0.05, 0) is 49.9 Å². The largest absolute Gasteiger partial charge is 0.387 e. The van der Waals surface area contributed by atoms with Crippen LogP contribution in [0.5, 0.6) is 0 Å². The zero-order valence-corrected chi connectivity index (χ0v) is 17.0. The molecule has 0 saturated carbocycles. The number of aliphatic hydroxyl groups excluding tert-OH is 1. The summed E-state index contributed by atoms with van der Waals surface area (Å²) in [6.45, 7) is 6.64. The van der Waals surface area contributed by atoms with Crippen molar-refractivity contribution in [3.05, 3.63) is 66.2 Å². The van der Waals surface area contributed by atoms with E-state index in [-0.39, 0.29) is 11.9 Å². The lowest BCUT2D eigenvalue weighted by atomic mass is 9.89. The Kier molecular flexibility index (Phi) is 7.24. The molecule has 0 aromatic heterocycles. The number of anilines is 1. The number of carbonyl (C=O) groups is 1. The summed E-state index contributed by atoms with van der Waals surface area (Å²) >= 11 is 0. The lowest BCUT2D eigenvalue weighted by molar-refractivity contribution is -0.119. The average Bonchev–Trinajstić information content (AvgIpc) is 2.75. The summed E-state index contributed by atoms with van der Waals surface area (Å²) in [5.41, 5.74) is 1.94. The molecule has 1 aliphatic heterocycles. The van der Waals surface area contributed by atoms with Crippen molar-refractivity contribution in [1.29, 1.82) is 0 Å². The van der Waals surface area contributed by atoms with Crippen molar-refractivity contribution in [2.75, 3.05) is 24.5 Å². The zero-order chi connectivity index (χ0) is 19.9. The van der Waals surface area contributed by atoms with Crippen molar-refractivity contribution >= 4 is 11.6 Å². The second kappa shape index (κ2) is 9.85. The SMILES string of the molecule is CCC(=O)N(c1ccccc1)[C@@H](C)[C@H]1CCCN(C[C@@H](O)c2ccccc2)C1. The average molecular weight is 381 g/mol. The molecule has 0 unspecified atom stereocenters. The van der Waals surface area contributed by atoms with Gasteiger partial charge < -0.3 is 14.9 Å². The molecule has 0 spiro atoms. The number of hydrogen-bond donors (Lipinski definition) is 1. The Bertz CT molecular complexity index is 735. The van der Waals surface area contributed by atoms with Gasteiger partial charge in [-0.2, -0.15) is 0 Å². The van der Waals surface area contributed by atoms with E-state index >= 15 is 0 Å². The molecule has 1 N–H and O–H groups in total. The molecular formula is C24H32N2O2. The van der Waals surface area contributed by atoms with Gasteiger partial charge in [0.1, 0.15) is 0 Å². The first-order valence-electron chi connectivity index (χ1n) is 10.4. The van der Waals surface area contributed by atoms with Gasteiger partial charge in [0.05, 0.1) is 6.10 Å². The summed E-state index contributed by atoms with van der Waals surface area (Å²) < 4.78 is 0. The van der Waals surface area contributed by atoms with Gasteiger partial charge in [-0.3, -0.25) is 4.79 Å². The first-order chi connectivity index (χ1) is 13.6. The Balaban J connectivity index is 1.68. The number of carbonyl (C=O) groups excluding carboxylic acids is 1. The summed E-state index contributed by atoms with van der Waals surface area (Å²) in [7, 11) is 0. The lowest BCUT2D eigenvalue weighted by Crippen LogP contribution is -2.49. The van der Waals surface area contributed by atoms with Crippen LogP contribution in [0.15, 0.2) is 60.7 Å². The molecule has 28 heavy (non-hydrogen) atoms. The Morgan fingerprint density at radius 3 is 2.43 bits per heavy atom. The maximum Gasteiger partial charge on any atom is 0.226 e. The van der Waals surface area contributed by atoms with Gasteiger partial charge >= 0.3 is 0 Å². The van der Waals surface area contributed by atoms with Crippen molar-refractivity contribution in [2.24, 2.45) is 5.92 Å². The second-order valence-corrected chi connectivity index (χ2v) is 7.78. The van der Waals surface area contributed by atoms with Crippen molar-refractivity contribution in [1.82, 2.24) is 4.90 Å². The standard InChI is InChI=1S/C24H32N2O2/c1-3-24(28)26(22-14-8-5-9-15-22)19(2)21-13-10-16-25(17-21)18-23(27)20-11-6-4-7-12-20/h4-9,11-12,14-15,19,21,23,27H,3,10,13,16-18H2,1-2H3/t19-,21-,23+/m0/s1. The molecule has 4 nitrogen and oxygen atoms in total. The molecule has 1 aliphatic rings. The van der Waals surface area contributed by atoms with Crippen molar-refractivity contribution < 1.29 is 9.90 Å². The Morgan fingerprint density at radius 1 is 1.14 bits per heavy atom. The third kappa shape index (κ3) is 5.00. The van der Waals surface area contributed by atoms with Crippen LogP contribution in [0, 0.1) is 5.92 Å². The number of amides is 1. The van der Waals surface area contributed by atoms with Crippen LogP contribution in [0.2, 0.25) is 0 Å². The molecular weight excluding hydrogens is 348 g/mol. The van der Waals surface area contributed by atoms with E-state index in [0.717, 1.165) is 37.2 Å². The van der Waals surface area contributed by atoms with Crippen LogP contribution in [-0.2, 0) is 4.79 Å². The highest BCUT2D eigenvalue weighted by Gasteiger charge is 2.31. The van der Waals surface area contributed by atoms with Crippen LogP contribution in [0.4, 0.5) is 5.69 Å². The first kappa shape index (κ1) is 20.6. The molecule has 3 atom stereocenters. The minimum absolute atomic E-state index is 0.131. The highest BCUT2D eigenvalue weighted by atomic mass is 16.3. The maximum absolute atomic E-state index is 12.7. The highest BCUT2D eigenvalue weighted by molar-refractivity contribution is 5.93. The van der Waals surface area contributed by atoms with Crippen molar-refractivity contribution in [3.63, 3.8) is 0 Å². The molecule has 0 aliphatic carbocycles. The van der Waals surface area contributed by atoms with Gasteiger partial charge in [0, 0.05) is 31.2 Å². The van der Waals surface area contributed by atoms with Gasteiger partial charge in [0.2, 0.25) is 5.91 Å². The van der Waals surface area contributed by atoms with Crippen LogP contribution in [0.3, 0.4) is 0 Å². The predicted octanol–water partition coefficient (Wildman–Crippen LogP) is 4.26. The van der Waals surface area contributed by atoms with E-state index in [4.69, 9.17) is 0 Å². The van der Waals surface area contributed by atoms with Crippen molar-refractivity contribution in [2.45, 2.75) is 45.3 Å². The van der Waals surface area contributed by atoms with Gasteiger partial charge in [0.15, 0.2) is 0 Å². The molecule has 1 fully saturated rings. The van der Waals surface area contributed by atoms with E-state index < -0.39 is 6.10 Å². The summed E-state index contributed by atoms with van der Waals surface area (Å²) in [5.74, 6) is 0.563. The quantitative estimate of drug-likeness (QED) is 0.780. The molecule has 0 radical (unpaired) electrons. The number of aliphatic hydroxyl groups is 1. The van der Waals surface area contributed by atoms with Crippen LogP contribution >= 0.6 is 0 Å². The number of β-amino-alcohol motifs (C(OH)–C–C–N with tert-alkyl or cyclic N) is 1. The van der Waals surface area contributed by atoms with Crippen LogP contribution < -0.4 is 4.90 Å². The van der Waals surface area contributed by atoms with Gasteiger partial charge in [-0.1, -0.05) is 55.5 Å². The fourth-order valence-electron chi connectivity index (χ4n) is 4.25. The topological polar surface area (TPSA) is 43.8 Å². The molecule has 0 bridgehead atoms. The van der Waals surface area contributed by atoms with E-state index in [1.165, 1.54) is 0 Å². The van der Waals surface area contributed by atoms with Gasteiger partial charge in [-0.25, -0.2) is 0 Å². The fourth-order valence-corrected chi connectivity index (χ4v) is 4.25. The zero-order valence-electron chi connectivity index (χ0n) is 17.0. The molecule has 3 rings (SSSR count). The number of likely N-dealkylation sites (tertiary alicyclic amines) is 1. The van der Waals surface area contributed by atoms with E-state index in [9.17, 15) is 9.90 Å². The second-order valence-electron chi connectivity index (χ2n) is 7.78. The molecule has 1 saturated heterocycles. The van der Waals surface area contributed by atoms with Crippen LogP contribution in [0.25, 0.3) is 0 Å². The van der Waals surface area contributed by atoms with Gasteiger partial charge in [0.25, 0.3) is 0 Å². The molecule has 2 aromatic rings. The Labute approximate surface area is 168 Å². The third-order valence-corrected chi connectivity index (χ3v) is 5.85. The first-order valence-corrected chi connectivity index (χ1v) is 10.4. The monoisotopic (exact) mass is 380 g/mol. The summed E-state index contributed by atoms with van der Waals surface area (Å²) in [4.78, 5) is 17.0. The predicted molar refractivity (Wildman–Crippen MR) is 114 cm³/mol. The molecule has 4 heteroatoms. The summed E-state index contributed by atoms with van der Waals surface area (Å²) in [5, 5.41) is 10.6. The summed E-state index contributed by atoms with van der Waals surface area (Å²) in [6, 6.07) is 20.0. The number of hydrogen-bond acceptors (Lipinski definition) is 3. The third-order valence-electron chi connectivity index (χ3n) is 5.85. The van der Waals surface area contributed by atoms with E-state index in [0.29, 0.717) is 18.9 Å². The number of rotatable bonds is 7. The smallest absolute Gasteiger partial charge is 0.226 e. The van der Waals surface area contributed by atoms with Gasteiger partial charge in [-0.15, -0.1) is 0 Å². The minimum Gasteiger partial charge on any atom is -0.387 e. The number of benzene rings is 2. The highest BCUT2D eigenvalue weighted by Crippen LogP contribution is 2.28. The van der Waals surface area contributed by atoms with E-state index in [1.807, 2.05) is 72.5 Å². The van der Waals surface area contributed by atoms with Crippen molar-refractivity contribution in [3.8, 4) is 0 Å². The lowest BCUT2D eigenvalue weighted by Gasteiger charge is -2.41.